The molecule has 0 saturated heterocycles. The molecule has 1 atom stereocenters. The number of fused-ring (bicyclic) bond motifs is 1. The summed E-state index contributed by atoms with van der Waals surface area (Å²) in [5, 5.41) is 5.11. The summed E-state index contributed by atoms with van der Waals surface area (Å²) in [5.74, 6) is 1.17. The Labute approximate surface area is 168 Å². The number of carbonyl (C=O) groups excluding carboxylic acids is 1. The van der Waals surface area contributed by atoms with E-state index in [0.717, 1.165) is 33.9 Å². The lowest BCUT2D eigenvalue weighted by atomic mass is 10.1. The molecule has 6 heteroatoms. The van der Waals surface area contributed by atoms with Crippen LogP contribution in [0.2, 0.25) is 0 Å². The van der Waals surface area contributed by atoms with Crippen LogP contribution in [0.5, 0.6) is 0 Å². The molecule has 0 bridgehead atoms. The van der Waals surface area contributed by atoms with E-state index in [4.69, 9.17) is 0 Å². The van der Waals surface area contributed by atoms with E-state index >= 15 is 0 Å². The van der Waals surface area contributed by atoms with E-state index in [9.17, 15) is 4.79 Å². The highest BCUT2D eigenvalue weighted by Crippen LogP contribution is 2.34. The third kappa shape index (κ3) is 5.08. The molecule has 0 unspecified atom stereocenters. The first-order valence-corrected chi connectivity index (χ1v) is 10.9. The number of aryl methyl sites for hydroxylation is 4. The van der Waals surface area contributed by atoms with Crippen LogP contribution in [-0.4, -0.2) is 27.7 Å². The lowest BCUT2D eigenvalue weighted by Gasteiger charge is -2.14. The number of rotatable bonds is 7. The summed E-state index contributed by atoms with van der Waals surface area (Å²) in [6.45, 7) is 8.17. The van der Waals surface area contributed by atoms with Gasteiger partial charge in [0.2, 0.25) is 5.91 Å². The molecular weight excluding hydrogens is 374 g/mol. The van der Waals surface area contributed by atoms with Gasteiger partial charge in [0.05, 0.1) is 5.75 Å². The first-order valence-electron chi connectivity index (χ1n) is 9.14. The molecule has 0 fully saturated rings. The Bertz CT molecular complexity index is 937. The van der Waals surface area contributed by atoms with Crippen LogP contribution in [0.4, 0.5) is 0 Å². The molecule has 3 aromatic rings. The van der Waals surface area contributed by atoms with E-state index in [1.807, 2.05) is 25.1 Å². The second-order valence-electron chi connectivity index (χ2n) is 6.82. The van der Waals surface area contributed by atoms with E-state index in [1.54, 1.807) is 11.3 Å². The number of nitrogens with zero attached hydrogens (tertiary/aromatic N) is 2. The van der Waals surface area contributed by atoms with Gasteiger partial charge in [-0.1, -0.05) is 42.1 Å². The predicted octanol–water partition coefficient (Wildman–Crippen LogP) is 4.85. The smallest absolute Gasteiger partial charge is 0.230 e. The number of hydrogen-bond donors (Lipinski definition) is 1. The van der Waals surface area contributed by atoms with Gasteiger partial charge in [0.25, 0.3) is 0 Å². The molecule has 1 amide bonds. The minimum atomic E-state index is 0.0505. The molecule has 0 aliphatic heterocycles. The zero-order valence-electron chi connectivity index (χ0n) is 16.2. The Morgan fingerprint density at radius 1 is 1.19 bits per heavy atom. The molecule has 0 aliphatic carbocycles. The van der Waals surface area contributed by atoms with Crippen LogP contribution in [0.1, 0.15) is 35.2 Å². The Balaban J connectivity index is 1.57. The molecule has 0 radical (unpaired) electrons. The lowest BCUT2D eigenvalue weighted by molar-refractivity contribution is -0.119. The first kappa shape index (κ1) is 19.8. The van der Waals surface area contributed by atoms with Crippen LogP contribution in [0.15, 0.2) is 35.4 Å². The van der Waals surface area contributed by atoms with Gasteiger partial charge < -0.3 is 5.32 Å². The van der Waals surface area contributed by atoms with Crippen molar-refractivity contribution in [2.24, 2.45) is 0 Å². The number of thiophene rings is 1. The Hall–Kier alpha value is -1.92. The summed E-state index contributed by atoms with van der Waals surface area (Å²) in [5.41, 5.74) is 2.52. The van der Waals surface area contributed by atoms with Crippen molar-refractivity contribution in [3.05, 3.63) is 52.2 Å². The maximum atomic E-state index is 12.4. The van der Waals surface area contributed by atoms with Crippen molar-refractivity contribution in [2.75, 3.05) is 5.75 Å². The van der Waals surface area contributed by atoms with Crippen molar-refractivity contribution >= 4 is 39.2 Å². The van der Waals surface area contributed by atoms with Crippen LogP contribution in [0.25, 0.3) is 10.2 Å². The summed E-state index contributed by atoms with van der Waals surface area (Å²) in [6, 6.07) is 10.5. The molecule has 142 valence electrons. The van der Waals surface area contributed by atoms with Crippen LogP contribution in [0.3, 0.4) is 0 Å². The fourth-order valence-electron chi connectivity index (χ4n) is 2.97. The highest BCUT2D eigenvalue weighted by Gasteiger charge is 2.15. The number of aromatic nitrogens is 2. The maximum absolute atomic E-state index is 12.4. The molecule has 2 aromatic heterocycles. The molecule has 2 heterocycles. The van der Waals surface area contributed by atoms with Crippen LogP contribution >= 0.6 is 23.1 Å². The Morgan fingerprint density at radius 3 is 2.67 bits per heavy atom. The van der Waals surface area contributed by atoms with Crippen molar-refractivity contribution < 1.29 is 4.79 Å². The quantitative estimate of drug-likeness (QED) is 0.456. The van der Waals surface area contributed by atoms with E-state index in [2.05, 4.69) is 48.2 Å². The van der Waals surface area contributed by atoms with Gasteiger partial charge in [-0.05, 0) is 51.7 Å². The molecule has 0 aliphatic rings. The van der Waals surface area contributed by atoms with E-state index in [0.29, 0.717) is 5.75 Å². The highest BCUT2D eigenvalue weighted by molar-refractivity contribution is 8.00. The van der Waals surface area contributed by atoms with E-state index in [1.165, 1.54) is 27.8 Å². The average Bonchev–Trinajstić information content (AvgIpc) is 2.92. The third-order valence-electron chi connectivity index (χ3n) is 4.56. The van der Waals surface area contributed by atoms with Gasteiger partial charge in [-0.15, -0.1) is 11.3 Å². The molecule has 3 rings (SSSR count). The van der Waals surface area contributed by atoms with Crippen LogP contribution in [0, 0.1) is 20.8 Å². The Kier molecular flexibility index (Phi) is 6.50. The lowest BCUT2D eigenvalue weighted by Crippen LogP contribution is -2.34. The standard InChI is InChI=1S/C21H25N3OS2/c1-13(10-11-17-8-6-5-7-9-17)22-18(25)12-26-20-19-14(2)15(3)27-21(19)24-16(4)23-20/h5-9,13H,10-12H2,1-4H3,(H,22,25)/t13-/m0/s1. The van der Waals surface area contributed by atoms with Crippen molar-refractivity contribution in [3.63, 3.8) is 0 Å². The number of hydrogen-bond acceptors (Lipinski definition) is 5. The molecule has 1 aromatic carbocycles. The third-order valence-corrected chi connectivity index (χ3v) is 6.64. The summed E-state index contributed by atoms with van der Waals surface area (Å²) < 4.78 is 0. The Morgan fingerprint density at radius 2 is 1.93 bits per heavy atom. The minimum Gasteiger partial charge on any atom is -0.353 e. The SMILES string of the molecule is Cc1nc(SCC(=O)N[C@@H](C)CCc2ccccc2)c2c(C)c(C)sc2n1. The number of thioether (sulfide) groups is 1. The minimum absolute atomic E-state index is 0.0505. The molecular formula is C21H25N3OS2. The van der Waals surface area contributed by atoms with Gasteiger partial charge >= 0.3 is 0 Å². The molecule has 27 heavy (non-hydrogen) atoms. The molecule has 1 N–H and O–H groups in total. The second-order valence-corrected chi connectivity index (χ2v) is 8.99. The monoisotopic (exact) mass is 399 g/mol. The van der Waals surface area contributed by atoms with Gasteiger partial charge in [-0.3, -0.25) is 4.79 Å². The van der Waals surface area contributed by atoms with Crippen molar-refractivity contribution in [3.8, 4) is 0 Å². The van der Waals surface area contributed by atoms with E-state index < -0.39 is 0 Å². The molecule has 0 saturated carbocycles. The number of nitrogens with one attached hydrogen (secondary N) is 1. The van der Waals surface area contributed by atoms with Crippen molar-refractivity contribution in [1.29, 1.82) is 0 Å². The maximum Gasteiger partial charge on any atom is 0.230 e. The summed E-state index contributed by atoms with van der Waals surface area (Å²) >= 11 is 3.19. The van der Waals surface area contributed by atoms with Gasteiger partial charge in [-0.2, -0.15) is 0 Å². The average molecular weight is 400 g/mol. The summed E-state index contributed by atoms with van der Waals surface area (Å²) in [4.78, 5) is 23.8. The van der Waals surface area contributed by atoms with Gasteiger partial charge in [-0.25, -0.2) is 9.97 Å². The first-order chi connectivity index (χ1) is 12.9. The fourth-order valence-corrected chi connectivity index (χ4v) is 5.05. The zero-order valence-corrected chi connectivity index (χ0v) is 17.8. The van der Waals surface area contributed by atoms with Crippen LogP contribution in [-0.2, 0) is 11.2 Å². The topological polar surface area (TPSA) is 54.9 Å². The zero-order chi connectivity index (χ0) is 19.4. The summed E-state index contributed by atoms with van der Waals surface area (Å²) in [7, 11) is 0. The molecule has 4 nitrogen and oxygen atoms in total. The number of benzene rings is 1. The molecule has 0 spiro atoms. The normalized spacial score (nSPS) is 12.3. The van der Waals surface area contributed by atoms with Gasteiger partial charge in [0, 0.05) is 16.3 Å². The second kappa shape index (κ2) is 8.85. The van der Waals surface area contributed by atoms with Gasteiger partial charge in [0.15, 0.2) is 0 Å². The van der Waals surface area contributed by atoms with Crippen LogP contribution < -0.4 is 5.32 Å². The number of amides is 1. The highest BCUT2D eigenvalue weighted by atomic mass is 32.2. The fraction of sp³-hybridized carbons (Fsp3) is 0.381. The predicted molar refractivity (Wildman–Crippen MR) is 115 cm³/mol. The van der Waals surface area contributed by atoms with Gasteiger partial charge in [0.1, 0.15) is 15.7 Å². The van der Waals surface area contributed by atoms with Crippen molar-refractivity contribution in [2.45, 2.75) is 51.6 Å². The van der Waals surface area contributed by atoms with Crippen molar-refractivity contribution in [1.82, 2.24) is 15.3 Å². The van der Waals surface area contributed by atoms with E-state index in [-0.39, 0.29) is 11.9 Å². The summed E-state index contributed by atoms with van der Waals surface area (Å²) in [6.07, 6.45) is 1.90. The number of carbonyl (C=O) groups is 1. The largest absolute Gasteiger partial charge is 0.353 e.